The molecule has 1 aromatic rings. The molecule has 2 saturated heterocycles. The van der Waals surface area contributed by atoms with Gasteiger partial charge in [0, 0.05) is 44.4 Å². The van der Waals surface area contributed by atoms with E-state index in [2.05, 4.69) is 10.2 Å². The van der Waals surface area contributed by atoms with Crippen LogP contribution in [0.15, 0.2) is 6.07 Å². The van der Waals surface area contributed by atoms with Crippen molar-refractivity contribution in [1.29, 1.82) is 0 Å². The van der Waals surface area contributed by atoms with Gasteiger partial charge >= 0.3 is 0 Å². The summed E-state index contributed by atoms with van der Waals surface area (Å²) in [6.07, 6.45) is 1.25. The second kappa shape index (κ2) is 6.76. The van der Waals surface area contributed by atoms with Gasteiger partial charge in [0.2, 0.25) is 0 Å². The summed E-state index contributed by atoms with van der Waals surface area (Å²) >= 11 is 0. The number of H-pyrrole nitrogens is 1. The van der Waals surface area contributed by atoms with Crippen LogP contribution in [0.4, 0.5) is 8.78 Å². The smallest absolute Gasteiger partial charge is 0.274 e. The number of methoxy groups -OCH3 is 1. The molecule has 3 rings (SSSR count). The molecule has 8 heteroatoms. The lowest BCUT2D eigenvalue weighted by Gasteiger charge is -2.38. The Bertz CT molecular complexity index is 584. The highest BCUT2D eigenvalue weighted by Crippen LogP contribution is 2.35. The zero-order valence-electron chi connectivity index (χ0n) is 14.1. The van der Waals surface area contributed by atoms with E-state index in [9.17, 15) is 13.6 Å². The molecular formula is C16H24F2N4O2. The number of hydrogen-bond donors (Lipinski definition) is 1. The lowest BCUT2D eigenvalue weighted by atomic mass is 10.0. The van der Waals surface area contributed by atoms with Gasteiger partial charge in [0.1, 0.15) is 5.69 Å². The number of likely N-dealkylation sites (tertiary alicyclic amines) is 2. The van der Waals surface area contributed by atoms with Crippen molar-refractivity contribution in [2.45, 2.75) is 44.2 Å². The number of ether oxygens (including phenoxy) is 1. The molecule has 1 N–H and O–H groups in total. The van der Waals surface area contributed by atoms with E-state index in [0.717, 1.165) is 5.69 Å². The van der Waals surface area contributed by atoms with Crippen LogP contribution in [-0.2, 0) is 4.74 Å². The van der Waals surface area contributed by atoms with Crippen molar-refractivity contribution in [3.8, 4) is 0 Å². The van der Waals surface area contributed by atoms with Crippen molar-refractivity contribution in [1.82, 2.24) is 20.0 Å². The van der Waals surface area contributed by atoms with E-state index in [0.29, 0.717) is 38.2 Å². The maximum absolute atomic E-state index is 13.8. The maximum Gasteiger partial charge on any atom is 0.274 e. The van der Waals surface area contributed by atoms with Crippen molar-refractivity contribution in [2.75, 3.05) is 33.4 Å². The molecule has 0 saturated carbocycles. The molecule has 24 heavy (non-hydrogen) atoms. The van der Waals surface area contributed by atoms with Crippen LogP contribution in [0, 0.1) is 6.92 Å². The summed E-state index contributed by atoms with van der Waals surface area (Å²) in [5, 5.41) is 6.77. The van der Waals surface area contributed by atoms with Gasteiger partial charge in [-0.25, -0.2) is 8.78 Å². The van der Waals surface area contributed by atoms with Gasteiger partial charge in [0.05, 0.1) is 13.2 Å². The summed E-state index contributed by atoms with van der Waals surface area (Å²) < 4.78 is 32.7. The molecule has 0 aromatic carbocycles. The van der Waals surface area contributed by atoms with E-state index >= 15 is 0 Å². The van der Waals surface area contributed by atoms with Crippen LogP contribution in [0.2, 0.25) is 0 Å². The predicted molar refractivity (Wildman–Crippen MR) is 84.2 cm³/mol. The van der Waals surface area contributed by atoms with Crippen LogP contribution in [0.3, 0.4) is 0 Å². The molecule has 2 fully saturated rings. The minimum atomic E-state index is -2.65. The number of nitrogens with one attached hydrogen (secondary N) is 1. The quantitative estimate of drug-likeness (QED) is 0.904. The van der Waals surface area contributed by atoms with Gasteiger partial charge in [-0.1, -0.05) is 0 Å². The molecule has 0 aliphatic carbocycles. The van der Waals surface area contributed by atoms with Gasteiger partial charge < -0.3 is 9.64 Å². The summed E-state index contributed by atoms with van der Waals surface area (Å²) in [5.41, 5.74) is 1.26. The van der Waals surface area contributed by atoms with Crippen molar-refractivity contribution < 1.29 is 18.3 Å². The Morgan fingerprint density at radius 3 is 2.75 bits per heavy atom. The number of carbonyl (C=O) groups excluding carboxylic acids is 1. The van der Waals surface area contributed by atoms with Crippen LogP contribution in [-0.4, -0.2) is 77.3 Å². The first-order chi connectivity index (χ1) is 11.4. The molecule has 2 aliphatic rings. The van der Waals surface area contributed by atoms with Gasteiger partial charge in [0.15, 0.2) is 0 Å². The summed E-state index contributed by atoms with van der Waals surface area (Å²) in [6.45, 7) is 3.09. The minimum absolute atomic E-state index is 0.0727. The average Bonchev–Trinajstić information content (AvgIpc) is 3.10. The van der Waals surface area contributed by atoms with Gasteiger partial charge in [-0.05, 0) is 25.8 Å². The van der Waals surface area contributed by atoms with E-state index in [1.807, 2.05) is 11.8 Å². The molecule has 0 bridgehead atoms. The molecule has 1 aromatic heterocycles. The third-order valence-electron chi connectivity index (χ3n) is 4.92. The molecule has 134 valence electrons. The molecular weight excluding hydrogens is 318 g/mol. The van der Waals surface area contributed by atoms with Crippen molar-refractivity contribution >= 4 is 5.91 Å². The Hall–Kier alpha value is -1.54. The number of alkyl halides is 2. The number of hydrogen-bond acceptors (Lipinski definition) is 4. The first-order valence-electron chi connectivity index (χ1n) is 8.33. The third kappa shape index (κ3) is 3.59. The molecule has 3 heterocycles. The topological polar surface area (TPSA) is 61.5 Å². The lowest BCUT2D eigenvalue weighted by Crippen LogP contribution is -2.49. The number of piperidine rings is 1. The van der Waals surface area contributed by atoms with E-state index in [-0.39, 0.29) is 31.0 Å². The Kier molecular flexibility index (Phi) is 4.87. The second-order valence-corrected chi connectivity index (χ2v) is 6.80. The summed E-state index contributed by atoms with van der Waals surface area (Å²) in [6, 6.07) is 1.55. The number of rotatable bonds is 4. The molecule has 0 radical (unpaired) electrons. The zero-order chi connectivity index (χ0) is 17.3. The highest BCUT2D eigenvalue weighted by atomic mass is 19.3. The second-order valence-electron chi connectivity index (χ2n) is 6.80. The Morgan fingerprint density at radius 1 is 1.46 bits per heavy atom. The number of halogens is 2. The fraction of sp³-hybridized carbons (Fsp3) is 0.750. The van der Waals surface area contributed by atoms with Gasteiger partial charge in [-0.2, -0.15) is 5.10 Å². The number of aromatic amines is 1. The van der Waals surface area contributed by atoms with Crippen molar-refractivity contribution in [3.63, 3.8) is 0 Å². The maximum atomic E-state index is 13.8. The first kappa shape index (κ1) is 17.3. The molecule has 2 aliphatic heterocycles. The Morgan fingerprint density at radius 2 is 2.17 bits per heavy atom. The normalized spacial score (nSPS) is 25.3. The van der Waals surface area contributed by atoms with Gasteiger partial charge in [-0.3, -0.25) is 14.8 Å². The van der Waals surface area contributed by atoms with E-state index in [1.165, 1.54) is 0 Å². The summed E-state index contributed by atoms with van der Waals surface area (Å²) in [7, 11) is 1.54. The first-order valence-corrected chi connectivity index (χ1v) is 8.33. The van der Waals surface area contributed by atoms with Gasteiger partial charge in [0.25, 0.3) is 11.8 Å². The SMILES string of the molecule is COC[C@@H]1CC(F)(F)CN1C1CCN(C(=O)c2cc(C)[nH]n2)CC1. The Balaban J connectivity index is 1.59. The number of amides is 1. The number of aromatic nitrogens is 2. The number of nitrogens with zero attached hydrogens (tertiary/aromatic N) is 3. The molecule has 0 spiro atoms. The predicted octanol–water partition coefficient (Wildman–Crippen LogP) is 1.68. The van der Waals surface area contributed by atoms with Crippen LogP contribution in [0.1, 0.15) is 35.4 Å². The molecule has 1 amide bonds. The van der Waals surface area contributed by atoms with Crippen molar-refractivity contribution in [2.24, 2.45) is 0 Å². The van der Waals surface area contributed by atoms with Crippen LogP contribution < -0.4 is 0 Å². The molecule has 6 nitrogen and oxygen atoms in total. The standard InChI is InChI=1S/C16H24F2N4O2/c1-11-7-14(20-19-11)15(23)21-5-3-12(4-6-21)22-10-16(17,18)8-13(22)9-24-2/h7,12-13H,3-6,8-10H2,1-2H3,(H,19,20)/t13-/m0/s1. The fourth-order valence-corrected chi connectivity index (χ4v) is 3.79. The third-order valence-corrected chi connectivity index (χ3v) is 4.92. The molecule has 1 atom stereocenters. The number of aryl methyl sites for hydroxylation is 1. The lowest BCUT2D eigenvalue weighted by molar-refractivity contribution is 0.00283. The van der Waals surface area contributed by atoms with E-state index in [4.69, 9.17) is 4.74 Å². The molecule has 0 unspecified atom stereocenters. The van der Waals surface area contributed by atoms with Crippen LogP contribution in [0.5, 0.6) is 0 Å². The largest absolute Gasteiger partial charge is 0.383 e. The summed E-state index contributed by atoms with van der Waals surface area (Å²) in [4.78, 5) is 16.0. The van der Waals surface area contributed by atoms with E-state index < -0.39 is 5.92 Å². The zero-order valence-corrected chi connectivity index (χ0v) is 14.1. The van der Waals surface area contributed by atoms with Crippen molar-refractivity contribution in [3.05, 3.63) is 17.5 Å². The number of carbonyl (C=O) groups is 1. The fourth-order valence-electron chi connectivity index (χ4n) is 3.79. The van der Waals surface area contributed by atoms with Crippen LogP contribution in [0.25, 0.3) is 0 Å². The average molecular weight is 342 g/mol. The van der Waals surface area contributed by atoms with Crippen LogP contribution >= 0.6 is 0 Å². The highest BCUT2D eigenvalue weighted by molar-refractivity contribution is 5.92. The minimum Gasteiger partial charge on any atom is -0.383 e. The highest BCUT2D eigenvalue weighted by Gasteiger charge is 2.47. The summed E-state index contributed by atoms with van der Waals surface area (Å²) in [5.74, 6) is -2.75. The van der Waals surface area contributed by atoms with Gasteiger partial charge in [-0.15, -0.1) is 0 Å². The monoisotopic (exact) mass is 342 g/mol. The van der Waals surface area contributed by atoms with E-state index in [1.54, 1.807) is 18.1 Å². The Labute approximate surface area is 140 Å².